The molecule has 0 radical (unpaired) electrons. The van der Waals surface area contributed by atoms with Crippen LogP contribution >= 0.6 is 23.2 Å². The van der Waals surface area contributed by atoms with E-state index in [4.69, 9.17) is 23.2 Å². The molecule has 2 rings (SSSR count). The number of hydrogen-bond acceptors (Lipinski definition) is 2. The Morgan fingerprint density at radius 1 is 1.18 bits per heavy atom. The number of anilines is 1. The van der Waals surface area contributed by atoms with Gasteiger partial charge in [0.15, 0.2) is 0 Å². The van der Waals surface area contributed by atoms with Crippen molar-refractivity contribution in [3.05, 3.63) is 58.1 Å². The molecule has 0 bridgehead atoms. The van der Waals surface area contributed by atoms with Gasteiger partial charge in [-0.3, -0.25) is 0 Å². The highest BCUT2D eigenvalue weighted by Crippen LogP contribution is 2.17. The van der Waals surface area contributed by atoms with Crippen LogP contribution in [0.25, 0.3) is 0 Å². The van der Waals surface area contributed by atoms with E-state index in [2.05, 4.69) is 10.3 Å². The van der Waals surface area contributed by atoms with Gasteiger partial charge in [0.05, 0.1) is 0 Å². The van der Waals surface area contributed by atoms with Gasteiger partial charge in [0.25, 0.3) is 0 Å². The predicted octanol–water partition coefficient (Wildman–Crippen LogP) is 4.14. The van der Waals surface area contributed by atoms with Gasteiger partial charge in [-0.15, -0.1) is 0 Å². The molecule has 1 aromatic heterocycles. The Hall–Kier alpha value is -1.32. The van der Waals surface area contributed by atoms with Crippen molar-refractivity contribution in [1.82, 2.24) is 4.98 Å². The lowest BCUT2D eigenvalue weighted by molar-refractivity contribution is 0.626. The third-order valence-corrected chi connectivity index (χ3v) is 2.57. The fraction of sp³-hybridized carbons (Fsp3) is 0.0833. The minimum atomic E-state index is -0.345. The predicted molar refractivity (Wildman–Crippen MR) is 68.0 cm³/mol. The summed E-state index contributed by atoms with van der Waals surface area (Å²) in [5.41, 5.74) is 1.59. The zero-order valence-electron chi connectivity index (χ0n) is 8.75. The first kappa shape index (κ1) is 12.1. The summed E-state index contributed by atoms with van der Waals surface area (Å²) in [7, 11) is 0. The molecule has 0 amide bonds. The van der Waals surface area contributed by atoms with E-state index >= 15 is 0 Å². The van der Waals surface area contributed by atoms with E-state index in [0.29, 0.717) is 16.7 Å². The summed E-state index contributed by atoms with van der Waals surface area (Å²) < 4.78 is 13.1. The molecule has 1 heterocycles. The number of aromatic nitrogens is 1. The van der Waals surface area contributed by atoms with Crippen LogP contribution in [0.1, 0.15) is 5.56 Å². The number of rotatable bonds is 3. The summed E-state index contributed by atoms with van der Waals surface area (Å²) in [6.07, 6.45) is 1.60. The Kier molecular flexibility index (Phi) is 3.82. The van der Waals surface area contributed by atoms with Gasteiger partial charge in [0, 0.05) is 23.5 Å². The summed E-state index contributed by atoms with van der Waals surface area (Å²) in [4.78, 5) is 3.87. The number of pyridine rings is 1. The van der Waals surface area contributed by atoms with Gasteiger partial charge in [-0.1, -0.05) is 23.2 Å². The molecule has 0 spiro atoms. The van der Waals surface area contributed by atoms with E-state index in [0.717, 1.165) is 11.3 Å². The second kappa shape index (κ2) is 5.34. The van der Waals surface area contributed by atoms with E-state index in [-0.39, 0.29) is 5.82 Å². The Labute approximate surface area is 108 Å². The van der Waals surface area contributed by atoms with Crippen LogP contribution in [0, 0.1) is 5.82 Å². The molecule has 1 aromatic carbocycles. The molecule has 1 N–H and O–H groups in total. The van der Waals surface area contributed by atoms with Crippen LogP contribution < -0.4 is 5.32 Å². The average Bonchev–Trinajstić information content (AvgIpc) is 2.25. The minimum absolute atomic E-state index is 0.345. The third-order valence-electron chi connectivity index (χ3n) is 2.15. The molecule has 0 atom stereocenters. The Morgan fingerprint density at radius 3 is 2.71 bits per heavy atom. The van der Waals surface area contributed by atoms with E-state index < -0.39 is 0 Å². The minimum Gasteiger partial charge on any atom is -0.381 e. The molecule has 0 saturated carbocycles. The van der Waals surface area contributed by atoms with Crippen LogP contribution in [0.4, 0.5) is 10.1 Å². The monoisotopic (exact) mass is 270 g/mol. The highest BCUT2D eigenvalue weighted by molar-refractivity contribution is 6.30. The van der Waals surface area contributed by atoms with Crippen molar-refractivity contribution >= 4 is 28.9 Å². The number of nitrogens with one attached hydrogen (secondary N) is 1. The summed E-state index contributed by atoms with van der Waals surface area (Å²) in [6.45, 7) is 0.470. The molecule has 2 aromatic rings. The van der Waals surface area contributed by atoms with Crippen LogP contribution in [0.15, 0.2) is 36.5 Å². The fourth-order valence-corrected chi connectivity index (χ4v) is 1.85. The standard InChI is InChI=1S/C12H9Cl2FN2/c13-9-3-8(4-10(15)5-9)7-17-11-1-2-16-12(14)6-11/h1-6H,7H2,(H,16,17). The molecule has 0 unspecified atom stereocenters. The van der Waals surface area contributed by atoms with Gasteiger partial charge in [-0.05, 0) is 35.9 Å². The lowest BCUT2D eigenvalue weighted by Crippen LogP contribution is -2.00. The van der Waals surface area contributed by atoms with Crippen LogP contribution in [0.3, 0.4) is 0 Å². The third kappa shape index (κ3) is 3.58. The Bertz CT molecular complexity index is 511. The molecule has 5 heteroatoms. The quantitative estimate of drug-likeness (QED) is 0.848. The molecular formula is C12H9Cl2FN2. The maximum Gasteiger partial charge on any atom is 0.131 e. The molecule has 88 valence electrons. The largest absolute Gasteiger partial charge is 0.381 e. The second-order valence-corrected chi connectivity index (χ2v) is 4.32. The van der Waals surface area contributed by atoms with E-state index in [1.54, 1.807) is 24.4 Å². The SMILES string of the molecule is Fc1cc(Cl)cc(CNc2ccnc(Cl)c2)c1. The molecular weight excluding hydrogens is 262 g/mol. The topological polar surface area (TPSA) is 24.9 Å². The lowest BCUT2D eigenvalue weighted by Gasteiger charge is -2.07. The number of halogens is 3. The molecule has 0 saturated heterocycles. The van der Waals surface area contributed by atoms with Crippen molar-refractivity contribution in [2.45, 2.75) is 6.54 Å². The molecule has 0 aliphatic rings. The summed E-state index contributed by atoms with van der Waals surface area (Å²) in [5, 5.41) is 3.90. The van der Waals surface area contributed by atoms with Crippen molar-refractivity contribution in [2.24, 2.45) is 0 Å². The highest BCUT2D eigenvalue weighted by atomic mass is 35.5. The summed E-state index contributed by atoms with van der Waals surface area (Å²) in [5.74, 6) is -0.345. The average molecular weight is 271 g/mol. The molecule has 0 aliphatic carbocycles. The molecule has 17 heavy (non-hydrogen) atoms. The van der Waals surface area contributed by atoms with Crippen LogP contribution in [-0.4, -0.2) is 4.98 Å². The number of hydrogen-bond donors (Lipinski definition) is 1. The highest BCUT2D eigenvalue weighted by Gasteiger charge is 2.00. The van der Waals surface area contributed by atoms with Gasteiger partial charge in [-0.2, -0.15) is 0 Å². The van der Waals surface area contributed by atoms with Crippen LogP contribution in [0.5, 0.6) is 0 Å². The maximum absolute atomic E-state index is 13.1. The fourth-order valence-electron chi connectivity index (χ4n) is 1.43. The van der Waals surface area contributed by atoms with Crippen molar-refractivity contribution in [2.75, 3.05) is 5.32 Å². The maximum atomic E-state index is 13.1. The zero-order valence-corrected chi connectivity index (χ0v) is 10.3. The Morgan fingerprint density at radius 2 is 2.00 bits per heavy atom. The lowest BCUT2D eigenvalue weighted by atomic mass is 10.2. The second-order valence-electron chi connectivity index (χ2n) is 3.50. The molecule has 2 nitrogen and oxygen atoms in total. The first-order valence-electron chi connectivity index (χ1n) is 4.94. The smallest absolute Gasteiger partial charge is 0.131 e. The first-order chi connectivity index (χ1) is 8.13. The van der Waals surface area contributed by atoms with Gasteiger partial charge in [0.1, 0.15) is 11.0 Å². The van der Waals surface area contributed by atoms with E-state index in [9.17, 15) is 4.39 Å². The van der Waals surface area contributed by atoms with Gasteiger partial charge in [0.2, 0.25) is 0 Å². The molecule has 0 fully saturated rings. The van der Waals surface area contributed by atoms with Crippen LogP contribution in [-0.2, 0) is 6.54 Å². The van der Waals surface area contributed by atoms with Gasteiger partial charge < -0.3 is 5.32 Å². The van der Waals surface area contributed by atoms with Gasteiger partial charge >= 0.3 is 0 Å². The number of nitrogens with zero attached hydrogens (tertiary/aromatic N) is 1. The zero-order chi connectivity index (χ0) is 12.3. The van der Waals surface area contributed by atoms with Crippen molar-refractivity contribution in [1.29, 1.82) is 0 Å². The first-order valence-corrected chi connectivity index (χ1v) is 5.69. The van der Waals surface area contributed by atoms with Crippen molar-refractivity contribution in [3.8, 4) is 0 Å². The van der Waals surface area contributed by atoms with Gasteiger partial charge in [-0.25, -0.2) is 9.37 Å². The van der Waals surface area contributed by atoms with E-state index in [1.165, 1.54) is 12.1 Å². The normalized spacial score (nSPS) is 10.3. The van der Waals surface area contributed by atoms with Crippen molar-refractivity contribution < 1.29 is 4.39 Å². The van der Waals surface area contributed by atoms with E-state index in [1.807, 2.05) is 0 Å². The van der Waals surface area contributed by atoms with Crippen LogP contribution in [0.2, 0.25) is 10.2 Å². The summed E-state index contributed by atoms with van der Waals surface area (Å²) in [6, 6.07) is 7.89. The molecule has 0 aliphatic heterocycles. The summed E-state index contributed by atoms with van der Waals surface area (Å²) >= 11 is 11.5. The van der Waals surface area contributed by atoms with Crippen molar-refractivity contribution in [3.63, 3.8) is 0 Å². The number of benzene rings is 1. The Balaban J connectivity index is 2.07.